The molecule has 0 atom stereocenters. The van der Waals surface area contributed by atoms with Gasteiger partial charge in [-0.3, -0.25) is 0 Å². The van der Waals surface area contributed by atoms with E-state index >= 15 is 0 Å². The minimum atomic E-state index is 0.886. The molecule has 0 unspecified atom stereocenters. The van der Waals surface area contributed by atoms with Crippen molar-refractivity contribution in [1.82, 2.24) is 9.13 Å². The summed E-state index contributed by atoms with van der Waals surface area (Å²) in [7, 11) is 0. The molecule has 0 aliphatic carbocycles. The summed E-state index contributed by atoms with van der Waals surface area (Å²) < 4.78 is 5.01. The third-order valence-corrected chi connectivity index (χ3v) is 13.1. The zero-order valence-corrected chi connectivity index (χ0v) is 33.8. The number of benzene rings is 10. The number of rotatable bonds is 6. The molecule has 0 bridgehead atoms. The van der Waals surface area contributed by atoms with Crippen LogP contribution >= 0.6 is 0 Å². The molecule has 60 heavy (non-hydrogen) atoms. The summed E-state index contributed by atoms with van der Waals surface area (Å²) in [5, 5.41) is 12.7. The molecule has 10 aromatic carbocycles. The zero-order chi connectivity index (χ0) is 39.9. The first-order valence-corrected chi connectivity index (χ1v) is 21.3. The van der Waals surface area contributed by atoms with Gasteiger partial charge in [-0.05, 0) is 97.7 Å². The zero-order valence-electron chi connectivity index (χ0n) is 33.8. The van der Waals surface area contributed by atoms with Crippen molar-refractivity contribution >= 4 is 75.9 Å². The van der Waals surface area contributed by atoms with Crippen molar-refractivity contribution in [2.24, 2.45) is 0 Å². The van der Waals surface area contributed by atoms with Crippen LogP contribution in [-0.4, -0.2) is 9.13 Å². The van der Waals surface area contributed by atoms with Crippen LogP contribution < -0.4 is 0 Å². The van der Waals surface area contributed by atoms with E-state index in [-0.39, 0.29) is 0 Å². The van der Waals surface area contributed by atoms with Crippen LogP contribution in [0.15, 0.2) is 194 Å². The lowest BCUT2D eigenvalue weighted by Gasteiger charge is -2.21. The van der Waals surface area contributed by atoms with Gasteiger partial charge in [0.2, 0.25) is 0 Å². The summed E-state index contributed by atoms with van der Waals surface area (Å²) in [5.74, 6) is 0. The Balaban J connectivity index is 1.27. The van der Waals surface area contributed by atoms with Gasteiger partial charge in [0, 0.05) is 56.8 Å². The van der Waals surface area contributed by atoms with Crippen LogP contribution in [0.1, 0.15) is 13.8 Å². The second kappa shape index (κ2) is 13.6. The Morgan fingerprint density at radius 1 is 0.300 bits per heavy atom. The standard InChI is InChI=1S/C58H42N2/c1-3-59-53-32-12-10-22-42(53)48-30-16-28-46(57(48)59)40-24-14-26-44-51(40)36-52-41(47-29-17-31-49-43-23-11-13-33-54(43)60(4-2)58(47)49)25-15-27-45(52)56(44)50-35-34-37-18-8-9-21-39(37)55(50)38-19-6-5-7-20-38/h5-36H,3-4H2,1-2H3. The molecule has 0 spiro atoms. The van der Waals surface area contributed by atoms with Crippen LogP contribution in [0.3, 0.4) is 0 Å². The first kappa shape index (κ1) is 34.6. The molecule has 0 fully saturated rings. The van der Waals surface area contributed by atoms with Crippen LogP contribution in [0.5, 0.6) is 0 Å². The van der Waals surface area contributed by atoms with E-state index in [1.54, 1.807) is 0 Å². The van der Waals surface area contributed by atoms with E-state index in [1.807, 2.05) is 0 Å². The Bertz CT molecular complexity index is 3500. The lowest BCUT2D eigenvalue weighted by atomic mass is 9.82. The van der Waals surface area contributed by atoms with E-state index < -0.39 is 0 Å². The molecule has 2 heteroatoms. The third-order valence-electron chi connectivity index (χ3n) is 13.1. The van der Waals surface area contributed by atoms with Crippen LogP contribution in [0.2, 0.25) is 0 Å². The number of hydrogen-bond acceptors (Lipinski definition) is 0. The van der Waals surface area contributed by atoms with Crippen molar-refractivity contribution in [3.05, 3.63) is 194 Å². The Morgan fingerprint density at radius 2 is 0.750 bits per heavy atom. The average Bonchev–Trinajstić information content (AvgIpc) is 3.83. The Kier molecular flexibility index (Phi) is 7.83. The minimum Gasteiger partial charge on any atom is -0.340 e. The monoisotopic (exact) mass is 766 g/mol. The van der Waals surface area contributed by atoms with Crippen LogP contribution in [0.4, 0.5) is 0 Å². The summed E-state index contributed by atoms with van der Waals surface area (Å²) >= 11 is 0. The molecule has 0 saturated heterocycles. The second-order valence-electron chi connectivity index (χ2n) is 16.1. The molecule has 12 aromatic rings. The minimum absolute atomic E-state index is 0.886. The van der Waals surface area contributed by atoms with E-state index in [9.17, 15) is 0 Å². The van der Waals surface area contributed by atoms with Crippen molar-refractivity contribution in [3.8, 4) is 44.5 Å². The Morgan fingerprint density at radius 3 is 1.30 bits per heavy atom. The van der Waals surface area contributed by atoms with E-state index in [4.69, 9.17) is 0 Å². The fourth-order valence-corrected chi connectivity index (χ4v) is 10.6. The molecule has 0 N–H and O–H groups in total. The summed E-state index contributed by atoms with van der Waals surface area (Å²) in [6.45, 7) is 6.31. The van der Waals surface area contributed by atoms with Gasteiger partial charge in [-0.1, -0.05) is 176 Å². The van der Waals surface area contributed by atoms with E-state index in [1.165, 1.54) is 120 Å². The molecule has 0 saturated carbocycles. The second-order valence-corrected chi connectivity index (χ2v) is 16.1. The SMILES string of the molecule is CCn1c2ccccc2c2cccc(-c3cccc4c(-c5ccc6ccccc6c5-c5ccccc5)c5cccc(-c6cccc7c8ccccc8n(CC)c67)c5cc34)c21. The average molecular weight is 767 g/mol. The van der Waals surface area contributed by atoms with E-state index in [2.05, 4.69) is 217 Å². The number of hydrogen-bond donors (Lipinski definition) is 0. The number of nitrogens with zero attached hydrogens (tertiary/aromatic N) is 2. The number of aromatic nitrogens is 2. The molecular formula is C58H42N2. The van der Waals surface area contributed by atoms with Gasteiger partial charge in [-0.2, -0.15) is 0 Å². The predicted molar refractivity (Wildman–Crippen MR) is 258 cm³/mol. The van der Waals surface area contributed by atoms with Gasteiger partial charge >= 0.3 is 0 Å². The van der Waals surface area contributed by atoms with Crippen LogP contribution in [0, 0.1) is 0 Å². The van der Waals surface area contributed by atoms with Gasteiger partial charge in [0.05, 0.1) is 11.0 Å². The van der Waals surface area contributed by atoms with Crippen molar-refractivity contribution in [2.45, 2.75) is 26.9 Å². The van der Waals surface area contributed by atoms with Crippen LogP contribution in [-0.2, 0) is 13.1 Å². The molecule has 0 aliphatic heterocycles. The van der Waals surface area contributed by atoms with Gasteiger partial charge in [0.15, 0.2) is 0 Å². The topological polar surface area (TPSA) is 9.86 Å². The molecule has 0 amide bonds. The summed E-state index contributed by atoms with van der Waals surface area (Å²) in [5.41, 5.74) is 15.1. The molecule has 0 radical (unpaired) electrons. The Hall–Kier alpha value is -7.42. The lowest BCUT2D eigenvalue weighted by molar-refractivity contribution is 0.828. The van der Waals surface area contributed by atoms with Gasteiger partial charge in [0.1, 0.15) is 0 Å². The molecule has 2 heterocycles. The molecule has 2 nitrogen and oxygen atoms in total. The summed E-state index contributed by atoms with van der Waals surface area (Å²) in [6, 6.07) is 72.5. The van der Waals surface area contributed by atoms with Gasteiger partial charge < -0.3 is 9.13 Å². The summed E-state index contributed by atoms with van der Waals surface area (Å²) in [4.78, 5) is 0. The van der Waals surface area contributed by atoms with Gasteiger partial charge in [-0.25, -0.2) is 0 Å². The van der Waals surface area contributed by atoms with Crippen molar-refractivity contribution < 1.29 is 0 Å². The van der Waals surface area contributed by atoms with E-state index in [0.717, 1.165) is 13.1 Å². The van der Waals surface area contributed by atoms with Crippen molar-refractivity contribution in [3.63, 3.8) is 0 Å². The number of aryl methyl sites for hydroxylation is 2. The third kappa shape index (κ3) is 4.94. The highest BCUT2D eigenvalue weighted by atomic mass is 15.0. The highest BCUT2D eigenvalue weighted by molar-refractivity contribution is 6.24. The molecular weight excluding hydrogens is 725 g/mol. The van der Waals surface area contributed by atoms with Crippen molar-refractivity contribution in [1.29, 1.82) is 0 Å². The van der Waals surface area contributed by atoms with E-state index in [0.29, 0.717) is 0 Å². The smallest absolute Gasteiger partial charge is 0.0571 e. The summed E-state index contributed by atoms with van der Waals surface area (Å²) in [6.07, 6.45) is 0. The van der Waals surface area contributed by atoms with Crippen LogP contribution in [0.25, 0.3) is 120 Å². The van der Waals surface area contributed by atoms with Gasteiger partial charge in [0.25, 0.3) is 0 Å². The number of para-hydroxylation sites is 4. The predicted octanol–water partition coefficient (Wildman–Crippen LogP) is 16.1. The highest BCUT2D eigenvalue weighted by Gasteiger charge is 2.23. The molecule has 12 rings (SSSR count). The first-order chi connectivity index (χ1) is 29.7. The fourth-order valence-electron chi connectivity index (χ4n) is 10.6. The quantitative estimate of drug-likeness (QED) is 0.149. The first-order valence-electron chi connectivity index (χ1n) is 21.3. The Labute approximate surface area is 349 Å². The largest absolute Gasteiger partial charge is 0.340 e. The molecule has 2 aromatic heterocycles. The maximum atomic E-state index is 2.51. The molecule has 0 aliphatic rings. The van der Waals surface area contributed by atoms with Gasteiger partial charge in [-0.15, -0.1) is 0 Å². The maximum Gasteiger partial charge on any atom is 0.0571 e. The lowest BCUT2D eigenvalue weighted by Crippen LogP contribution is -1.97. The fraction of sp³-hybridized carbons (Fsp3) is 0.0690. The maximum absolute atomic E-state index is 2.51. The normalized spacial score (nSPS) is 12.0. The highest BCUT2D eigenvalue weighted by Crippen LogP contribution is 2.49. The molecule has 284 valence electrons. The van der Waals surface area contributed by atoms with Crippen molar-refractivity contribution in [2.75, 3.05) is 0 Å². The number of fused-ring (bicyclic) bond motifs is 9.